The van der Waals surface area contributed by atoms with Crippen molar-refractivity contribution >= 4 is 17.5 Å². The van der Waals surface area contributed by atoms with Crippen molar-refractivity contribution in [1.82, 2.24) is 14.7 Å². The van der Waals surface area contributed by atoms with Gasteiger partial charge in [0.25, 0.3) is 0 Å². The van der Waals surface area contributed by atoms with Gasteiger partial charge in [0.1, 0.15) is 0 Å². The Morgan fingerprint density at radius 2 is 1.93 bits per heavy atom. The lowest BCUT2D eigenvalue weighted by Crippen LogP contribution is -2.53. The lowest BCUT2D eigenvalue weighted by atomic mass is 9.83. The Bertz CT molecular complexity index is 718. The third-order valence-electron chi connectivity index (χ3n) is 7.33. The first-order chi connectivity index (χ1) is 14.1. The molecule has 0 saturated carbocycles. The van der Waals surface area contributed by atoms with E-state index in [1.54, 1.807) is 0 Å². The minimum absolute atomic E-state index is 0.142. The van der Waals surface area contributed by atoms with Crippen LogP contribution in [-0.4, -0.2) is 66.4 Å². The van der Waals surface area contributed by atoms with E-state index in [9.17, 15) is 4.79 Å². The topological polar surface area (TPSA) is 26.8 Å². The molecule has 0 radical (unpaired) electrons. The molecule has 0 N–H and O–H groups in total. The van der Waals surface area contributed by atoms with E-state index in [0.717, 1.165) is 69.9 Å². The normalized spacial score (nSPS) is 28.5. The number of carbonyl (C=O) groups excluding carboxylic acids is 1. The minimum atomic E-state index is 0.142. The van der Waals surface area contributed by atoms with Gasteiger partial charge in [-0.2, -0.15) is 0 Å². The van der Waals surface area contributed by atoms with Crippen molar-refractivity contribution in [3.63, 3.8) is 0 Å². The number of benzene rings is 1. The van der Waals surface area contributed by atoms with Gasteiger partial charge < -0.3 is 14.7 Å². The highest BCUT2D eigenvalue weighted by molar-refractivity contribution is 6.30. The van der Waals surface area contributed by atoms with E-state index in [0.29, 0.717) is 11.9 Å². The molecule has 29 heavy (non-hydrogen) atoms. The van der Waals surface area contributed by atoms with Crippen LogP contribution in [0.25, 0.3) is 0 Å². The summed E-state index contributed by atoms with van der Waals surface area (Å²) in [5, 5.41) is 0.806. The Labute approximate surface area is 181 Å². The molecular formula is C24H36ClN3O. The summed E-state index contributed by atoms with van der Waals surface area (Å²) in [6.45, 7) is 7.46. The van der Waals surface area contributed by atoms with Crippen molar-refractivity contribution in [3.8, 4) is 0 Å². The van der Waals surface area contributed by atoms with Crippen molar-refractivity contribution in [2.24, 2.45) is 5.92 Å². The highest BCUT2D eigenvalue weighted by atomic mass is 35.5. The SMILES string of the molecule is CCC[C@@H]1[C@H](C(=O)N2CCc3cc(Cl)ccc3C2CN2CCCC2)CCCN1C. The Morgan fingerprint density at radius 1 is 1.14 bits per heavy atom. The number of piperidine rings is 1. The number of hydrogen-bond donors (Lipinski definition) is 0. The first-order valence-corrected chi connectivity index (χ1v) is 12.0. The Kier molecular flexibility index (Phi) is 6.83. The molecule has 1 amide bonds. The van der Waals surface area contributed by atoms with Crippen molar-refractivity contribution in [2.45, 2.75) is 64.0 Å². The molecule has 0 bridgehead atoms. The Morgan fingerprint density at radius 3 is 2.69 bits per heavy atom. The zero-order chi connectivity index (χ0) is 20.4. The van der Waals surface area contributed by atoms with E-state index >= 15 is 0 Å². The summed E-state index contributed by atoms with van der Waals surface area (Å²) < 4.78 is 0. The molecule has 160 valence electrons. The maximum absolute atomic E-state index is 13.9. The predicted octanol–water partition coefficient (Wildman–Crippen LogP) is 4.37. The number of nitrogens with zero attached hydrogens (tertiary/aromatic N) is 3. The molecule has 3 aliphatic heterocycles. The van der Waals surface area contributed by atoms with Gasteiger partial charge in [-0.15, -0.1) is 0 Å². The zero-order valence-electron chi connectivity index (χ0n) is 18.1. The van der Waals surface area contributed by atoms with E-state index in [1.165, 1.54) is 24.0 Å². The van der Waals surface area contributed by atoms with Gasteiger partial charge in [0.05, 0.1) is 12.0 Å². The molecule has 4 nitrogen and oxygen atoms in total. The fraction of sp³-hybridized carbons (Fsp3) is 0.708. The average Bonchev–Trinajstić information content (AvgIpc) is 3.22. The fourth-order valence-corrected chi connectivity index (χ4v) is 5.99. The quantitative estimate of drug-likeness (QED) is 0.711. The monoisotopic (exact) mass is 417 g/mol. The summed E-state index contributed by atoms with van der Waals surface area (Å²) in [6.07, 6.45) is 7.89. The van der Waals surface area contributed by atoms with Crippen molar-refractivity contribution < 1.29 is 4.79 Å². The van der Waals surface area contributed by atoms with Gasteiger partial charge in [0, 0.05) is 24.2 Å². The zero-order valence-corrected chi connectivity index (χ0v) is 18.8. The number of hydrogen-bond acceptors (Lipinski definition) is 3. The Hall–Kier alpha value is -1.10. The summed E-state index contributed by atoms with van der Waals surface area (Å²) in [4.78, 5) is 21.1. The van der Waals surface area contributed by atoms with Crippen LogP contribution in [0.3, 0.4) is 0 Å². The third-order valence-corrected chi connectivity index (χ3v) is 7.57. The minimum Gasteiger partial charge on any atom is -0.334 e. The van der Waals surface area contributed by atoms with Gasteiger partial charge in [-0.1, -0.05) is 31.0 Å². The van der Waals surface area contributed by atoms with Crippen LogP contribution in [-0.2, 0) is 11.2 Å². The first kappa shape index (κ1) is 21.1. The van der Waals surface area contributed by atoms with Crippen LogP contribution in [0.1, 0.15) is 62.6 Å². The molecular weight excluding hydrogens is 382 g/mol. The van der Waals surface area contributed by atoms with Gasteiger partial charge in [0.15, 0.2) is 0 Å². The third kappa shape index (κ3) is 4.50. The smallest absolute Gasteiger partial charge is 0.227 e. The van der Waals surface area contributed by atoms with Crippen LogP contribution in [0.5, 0.6) is 0 Å². The number of rotatable bonds is 5. The molecule has 0 aliphatic carbocycles. The van der Waals surface area contributed by atoms with Gasteiger partial charge in [-0.3, -0.25) is 4.79 Å². The van der Waals surface area contributed by atoms with Crippen LogP contribution < -0.4 is 0 Å². The molecule has 3 heterocycles. The lowest BCUT2D eigenvalue weighted by Gasteiger charge is -2.45. The van der Waals surface area contributed by atoms with Crippen LogP contribution >= 0.6 is 11.6 Å². The van der Waals surface area contributed by atoms with Gasteiger partial charge in [-0.05, 0) is 88.5 Å². The van der Waals surface area contributed by atoms with E-state index in [-0.39, 0.29) is 12.0 Å². The molecule has 3 atom stereocenters. The molecule has 1 unspecified atom stereocenters. The van der Waals surface area contributed by atoms with Crippen molar-refractivity contribution in [3.05, 3.63) is 34.3 Å². The maximum Gasteiger partial charge on any atom is 0.227 e. The first-order valence-electron chi connectivity index (χ1n) is 11.6. The average molecular weight is 418 g/mol. The molecule has 5 heteroatoms. The molecule has 3 aliphatic rings. The summed E-state index contributed by atoms with van der Waals surface area (Å²) in [5.74, 6) is 0.531. The largest absolute Gasteiger partial charge is 0.334 e. The summed E-state index contributed by atoms with van der Waals surface area (Å²) in [7, 11) is 2.20. The number of halogens is 1. The van der Waals surface area contributed by atoms with Gasteiger partial charge in [-0.25, -0.2) is 0 Å². The summed E-state index contributed by atoms with van der Waals surface area (Å²) in [5.41, 5.74) is 2.65. The second-order valence-corrected chi connectivity index (χ2v) is 9.67. The number of amides is 1. The predicted molar refractivity (Wildman–Crippen MR) is 119 cm³/mol. The second-order valence-electron chi connectivity index (χ2n) is 9.23. The van der Waals surface area contributed by atoms with Crippen molar-refractivity contribution in [2.75, 3.05) is 39.8 Å². The van der Waals surface area contributed by atoms with Crippen LogP contribution in [0.4, 0.5) is 0 Å². The lowest BCUT2D eigenvalue weighted by molar-refractivity contribution is -0.143. The second kappa shape index (κ2) is 9.36. The fourth-order valence-electron chi connectivity index (χ4n) is 5.80. The number of fused-ring (bicyclic) bond motifs is 1. The van der Waals surface area contributed by atoms with Gasteiger partial charge >= 0.3 is 0 Å². The van der Waals surface area contributed by atoms with E-state index < -0.39 is 0 Å². The van der Waals surface area contributed by atoms with E-state index in [1.807, 2.05) is 6.07 Å². The molecule has 1 aromatic rings. The van der Waals surface area contributed by atoms with Crippen molar-refractivity contribution in [1.29, 1.82) is 0 Å². The number of carbonyl (C=O) groups is 1. The molecule has 4 rings (SSSR count). The van der Waals surface area contributed by atoms with Crippen LogP contribution in [0.15, 0.2) is 18.2 Å². The molecule has 0 spiro atoms. The standard InChI is InChI=1S/C24H36ClN3O/c1-3-7-22-21(8-6-12-26(22)2)24(29)28-15-11-18-16-19(25)9-10-20(18)23(28)17-27-13-4-5-14-27/h9-10,16,21-23H,3-8,11-15,17H2,1-2H3/t21-,22-,23?/m1/s1. The van der Waals surface area contributed by atoms with Crippen LogP contribution in [0.2, 0.25) is 5.02 Å². The maximum atomic E-state index is 13.9. The highest BCUT2D eigenvalue weighted by Gasteiger charge is 2.40. The summed E-state index contributed by atoms with van der Waals surface area (Å²) in [6, 6.07) is 6.84. The highest BCUT2D eigenvalue weighted by Crippen LogP contribution is 2.36. The Balaban J connectivity index is 1.61. The summed E-state index contributed by atoms with van der Waals surface area (Å²) >= 11 is 6.29. The molecule has 2 saturated heterocycles. The van der Waals surface area contributed by atoms with Gasteiger partial charge in [0.2, 0.25) is 5.91 Å². The van der Waals surface area contributed by atoms with E-state index in [2.05, 4.69) is 40.8 Å². The molecule has 2 fully saturated rings. The van der Waals surface area contributed by atoms with E-state index in [4.69, 9.17) is 11.6 Å². The molecule has 0 aromatic heterocycles. The molecule has 1 aromatic carbocycles. The van der Waals surface area contributed by atoms with Crippen LogP contribution in [0, 0.1) is 5.92 Å². The number of likely N-dealkylation sites (tertiary alicyclic amines) is 2.